The third kappa shape index (κ3) is 22.5. The molecule has 0 aromatic carbocycles. The van der Waals surface area contributed by atoms with Crippen LogP contribution >= 0.6 is 49.7 Å². The Morgan fingerprint density at radius 3 is 1.00 bits per heavy atom. The first-order valence-electron chi connectivity index (χ1n) is 2.90. The van der Waals surface area contributed by atoms with Gasteiger partial charge in [-0.25, -0.2) is 0 Å². The van der Waals surface area contributed by atoms with Crippen LogP contribution in [0.5, 0.6) is 0 Å². The van der Waals surface area contributed by atoms with Gasteiger partial charge in [-0.3, -0.25) is 0 Å². The predicted octanol–water partition coefficient (Wildman–Crippen LogP) is -1.05. The molecule has 8 N–H and O–H groups in total. The summed E-state index contributed by atoms with van der Waals surface area (Å²) in [4.78, 5) is 6.69. The van der Waals surface area contributed by atoms with Crippen LogP contribution in [0.2, 0.25) is 0 Å². The fourth-order valence-corrected chi connectivity index (χ4v) is 0.663. The minimum Gasteiger partial charge on any atom is -0.370 e. The Balaban J connectivity index is 0. The summed E-state index contributed by atoms with van der Waals surface area (Å²) in [6, 6.07) is 0. The monoisotopic (exact) mass is 270 g/mol. The van der Waals surface area contributed by atoms with E-state index in [4.69, 9.17) is 22.9 Å². The number of thiocarbonyl (C=S) groups is 2. The largest absolute Gasteiger partial charge is 0.370 e. The van der Waals surface area contributed by atoms with Crippen molar-refractivity contribution in [2.24, 2.45) is 32.9 Å². The Kier molecular flexibility index (Phi) is 10.2. The van der Waals surface area contributed by atoms with E-state index in [0.717, 1.165) is 0 Å². The number of nitrogens with zero attached hydrogens (tertiary/aromatic N) is 2. The van der Waals surface area contributed by atoms with Crippen LogP contribution in [0.25, 0.3) is 0 Å². The lowest BCUT2D eigenvalue weighted by Crippen LogP contribution is -2.23. The van der Waals surface area contributed by atoms with Crippen molar-refractivity contribution in [2.75, 3.05) is 0 Å². The number of aliphatic imine (C=N–C) groups is 2. The van der Waals surface area contributed by atoms with Gasteiger partial charge in [-0.2, -0.15) is 9.98 Å². The minimum atomic E-state index is -0.0556. The van der Waals surface area contributed by atoms with Gasteiger partial charge in [-0.1, -0.05) is 24.4 Å². The Bertz CT molecular complexity index is 235. The number of hydrogen-bond donors (Lipinski definition) is 6. The third-order valence-electron chi connectivity index (χ3n) is 0.449. The van der Waals surface area contributed by atoms with Gasteiger partial charge >= 0.3 is 0 Å². The van der Waals surface area contributed by atoms with Gasteiger partial charge in [0.2, 0.25) is 0 Å². The van der Waals surface area contributed by atoms with E-state index in [1.165, 1.54) is 0 Å². The molecule has 0 amide bonds. The van der Waals surface area contributed by atoms with Crippen LogP contribution in [-0.4, -0.2) is 20.6 Å². The summed E-state index contributed by atoms with van der Waals surface area (Å²) in [6.45, 7) is 0. The van der Waals surface area contributed by atoms with Gasteiger partial charge in [0, 0.05) is 0 Å². The Hall–Kier alpha value is -0.580. The zero-order valence-corrected chi connectivity index (χ0v) is 10.3. The van der Waals surface area contributed by atoms with Crippen LogP contribution < -0.4 is 22.9 Å². The molecule has 0 aromatic rings. The summed E-state index contributed by atoms with van der Waals surface area (Å²) in [7, 11) is 0. The zero-order valence-electron chi connectivity index (χ0n) is 6.91. The van der Waals surface area contributed by atoms with E-state index in [1.54, 1.807) is 0 Å². The first-order chi connectivity index (χ1) is 6.25. The van der Waals surface area contributed by atoms with Gasteiger partial charge in [0.25, 0.3) is 0 Å². The molecule has 0 atom stereocenters. The van der Waals surface area contributed by atoms with Crippen molar-refractivity contribution >= 4 is 70.3 Å². The summed E-state index contributed by atoms with van der Waals surface area (Å²) < 4.78 is 0.306. The number of rotatable bonds is 0. The second-order valence-corrected chi connectivity index (χ2v) is 3.86. The number of thiol groups is 2. The minimum absolute atomic E-state index is 0.0556. The summed E-state index contributed by atoms with van der Waals surface area (Å²) in [5.74, 6) is -0.111. The predicted molar refractivity (Wildman–Crippen MR) is 74.8 cm³/mol. The Morgan fingerprint density at radius 2 is 1.00 bits per heavy atom. The summed E-state index contributed by atoms with van der Waals surface area (Å²) in [5, 5.41) is 0. The van der Waals surface area contributed by atoms with Crippen LogP contribution in [-0.2, 0) is 0 Å². The van der Waals surface area contributed by atoms with Crippen LogP contribution in [0.15, 0.2) is 9.98 Å². The molecule has 6 nitrogen and oxygen atoms in total. The maximum atomic E-state index is 4.88. The van der Waals surface area contributed by atoms with Crippen LogP contribution in [0, 0.1) is 0 Å². The molecular weight excluding hydrogens is 260 g/mol. The van der Waals surface area contributed by atoms with Crippen molar-refractivity contribution in [3.05, 3.63) is 0 Å². The first kappa shape index (κ1) is 15.9. The third-order valence-corrected chi connectivity index (χ3v) is 0.832. The quantitative estimate of drug-likeness (QED) is 0.144. The number of nitrogens with two attached hydrogens (primary N) is 4. The van der Waals surface area contributed by atoms with Crippen LogP contribution in [0.4, 0.5) is 0 Å². The molecule has 14 heavy (non-hydrogen) atoms. The highest BCUT2D eigenvalue weighted by atomic mass is 32.1. The average Bonchev–Trinajstić information content (AvgIpc) is 1.79. The molecule has 0 bridgehead atoms. The van der Waals surface area contributed by atoms with Gasteiger partial charge in [-0.05, 0) is 0 Å². The van der Waals surface area contributed by atoms with E-state index in [2.05, 4.69) is 59.7 Å². The molecule has 0 aliphatic carbocycles. The van der Waals surface area contributed by atoms with E-state index < -0.39 is 0 Å². The molecule has 0 unspecified atom stereocenters. The van der Waals surface area contributed by atoms with Gasteiger partial charge in [0.15, 0.2) is 20.6 Å². The standard InChI is InChI=1S/2C2H5N3S2/c2*3-1(4)5-2(6)7/h2*(H5,3,4,5,6,7). The van der Waals surface area contributed by atoms with Gasteiger partial charge < -0.3 is 22.9 Å². The van der Waals surface area contributed by atoms with Gasteiger partial charge in [-0.15, -0.1) is 25.3 Å². The van der Waals surface area contributed by atoms with E-state index in [-0.39, 0.29) is 20.6 Å². The molecule has 0 rings (SSSR count). The lowest BCUT2D eigenvalue weighted by atomic mass is 11.1. The summed E-state index contributed by atoms with van der Waals surface area (Å²) >= 11 is 16.0. The fourth-order valence-electron chi connectivity index (χ4n) is 0.221. The average molecular weight is 270 g/mol. The maximum Gasteiger partial charge on any atom is 0.192 e. The molecule has 10 heteroatoms. The van der Waals surface area contributed by atoms with E-state index in [1.807, 2.05) is 0 Å². The molecule has 0 aliphatic rings. The normalized spacial score (nSPS) is 7.57. The molecule has 0 aliphatic heterocycles. The highest BCUT2D eigenvalue weighted by Crippen LogP contribution is 1.82. The SMILES string of the molecule is NC(N)=NC(=S)S.NC(N)=NC(=S)S. The topological polar surface area (TPSA) is 129 Å². The molecule has 0 heterocycles. The zero-order chi connectivity index (χ0) is 11.7. The summed E-state index contributed by atoms with van der Waals surface area (Å²) in [6.07, 6.45) is 0. The highest BCUT2D eigenvalue weighted by molar-refractivity contribution is 8.11. The maximum absolute atomic E-state index is 4.88. The van der Waals surface area contributed by atoms with E-state index >= 15 is 0 Å². The molecule has 0 radical (unpaired) electrons. The second kappa shape index (κ2) is 8.99. The molecule has 0 saturated carbocycles. The van der Waals surface area contributed by atoms with Crippen molar-refractivity contribution in [2.45, 2.75) is 0 Å². The lowest BCUT2D eigenvalue weighted by molar-refractivity contribution is 1.51. The molecule has 0 fully saturated rings. The highest BCUT2D eigenvalue weighted by Gasteiger charge is 1.79. The van der Waals surface area contributed by atoms with Crippen molar-refractivity contribution in [1.29, 1.82) is 0 Å². The van der Waals surface area contributed by atoms with Crippen LogP contribution in [0.1, 0.15) is 0 Å². The van der Waals surface area contributed by atoms with Crippen molar-refractivity contribution < 1.29 is 0 Å². The van der Waals surface area contributed by atoms with Crippen molar-refractivity contribution in [1.82, 2.24) is 0 Å². The molecule has 0 aromatic heterocycles. The number of guanidine groups is 2. The first-order valence-corrected chi connectivity index (χ1v) is 4.62. The number of hydrogen-bond acceptors (Lipinski definition) is 2. The van der Waals surface area contributed by atoms with Gasteiger partial charge in [0.05, 0.1) is 0 Å². The molecule has 80 valence electrons. The lowest BCUT2D eigenvalue weighted by Gasteiger charge is -1.83. The Labute approximate surface area is 103 Å². The van der Waals surface area contributed by atoms with Crippen molar-refractivity contribution in [3.63, 3.8) is 0 Å². The molecular formula is C4H10N6S4. The van der Waals surface area contributed by atoms with Crippen molar-refractivity contribution in [3.8, 4) is 0 Å². The van der Waals surface area contributed by atoms with E-state index in [9.17, 15) is 0 Å². The fraction of sp³-hybridized carbons (Fsp3) is 0. The van der Waals surface area contributed by atoms with Crippen LogP contribution in [0.3, 0.4) is 0 Å². The molecule has 0 saturated heterocycles. The smallest absolute Gasteiger partial charge is 0.192 e. The van der Waals surface area contributed by atoms with Gasteiger partial charge in [0.1, 0.15) is 0 Å². The molecule has 0 spiro atoms. The second-order valence-electron chi connectivity index (χ2n) is 1.64. The van der Waals surface area contributed by atoms with E-state index in [0.29, 0.717) is 0 Å². The Morgan fingerprint density at radius 1 is 0.786 bits per heavy atom. The summed E-state index contributed by atoms with van der Waals surface area (Å²) in [5.41, 5.74) is 19.5.